The van der Waals surface area contributed by atoms with Crippen LogP contribution in [-0.4, -0.2) is 36.8 Å². The first-order chi connectivity index (χ1) is 9.78. The minimum Gasteiger partial charge on any atom is -0.497 e. The minimum absolute atomic E-state index is 0.251. The number of hydrogen-bond acceptors (Lipinski definition) is 3. The summed E-state index contributed by atoms with van der Waals surface area (Å²) in [6.07, 6.45) is 0.655. The molecule has 1 aromatic rings. The van der Waals surface area contributed by atoms with Gasteiger partial charge in [-0.05, 0) is 51.0 Å². The highest BCUT2D eigenvalue weighted by molar-refractivity contribution is 6.30. The molecule has 0 aliphatic carbocycles. The van der Waals surface area contributed by atoms with Gasteiger partial charge in [-0.15, -0.1) is 0 Å². The third-order valence-corrected chi connectivity index (χ3v) is 3.66. The molecule has 1 heterocycles. The first-order valence-electron chi connectivity index (χ1n) is 7.11. The summed E-state index contributed by atoms with van der Waals surface area (Å²) in [5.41, 5.74) is 0.638. The summed E-state index contributed by atoms with van der Waals surface area (Å²) < 4.78 is 10.7. The van der Waals surface area contributed by atoms with E-state index in [1.165, 1.54) is 0 Å². The van der Waals surface area contributed by atoms with Crippen LogP contribution in [0.5, 0.6) is 5.75 Å². The first kappa shape index (κ1) is 16.0. The van der Waals surface area contributed by atoms with Gasteiger partial charge in [0, 0.05) is 24.0 Å². The summed E-state index contributed by atoms with van der Waals surface area (Å²) in [4.78, 5) is 13.8. The SMILES string of the molecule is COc1cc(Cl)cc(C2CCN(C(=O)OC(C)(C)C)C2)c1. The molecule has 21 heavy (non-hydrogen) atoms. The van der Waals surface area contributed by atoms with E-state index in [0.29, 0.717) is 18.1 Å². The van der Waals surface area contributed by atoms with Gasteiger partial charge in [-0.3, -0.25) is 0 Å². The molecule has 0 radical (unpaired) electrons. The van der Waals surface area contributed by atoms with Gasteiger partial charge >= 0.3 is 6.09 Å². The fourth-order valence-corrected chi connectivity index (χ4v) is 2.70. The van der Waals surface area contributed by atoms with E-state index in [4.69, 9.17) is 21.1 Å². The smallest absolute Gasteiger partial charge is 0.410 e. The van der Waals surface area contributed by atoms with E-state index in [1.807, 2.05) is 32.9 Å². The summed E-state index contributed by atoms with van der Waals surface area (Å²) in [5.74, 6) is 1.01. The number of methoxy groups -OCH3 is 1. The van der Waals surface area contributed by atoms with E-state index in [1.54, 1.807) is 18.1 Å². The zero-order valence-electron chi connectivity index (χ0n) is 13.0. The molecule has 1 amide bonds. The van der Waals surface area contributed by atoms with Crippen molar-refractivity contribution in [2.75, 3.05) is 20.2 Å². The van der Waals surface area contributed by atoms with Crippen molar-refractivity contribution in [1.29, 1.82) is 0 Å². The van der Waals surface area contributed by atoms with Crippen LogP contribution in [0.4, 0.5) is 4.79 Å². The topological polar surface area (TPSA) is 38.8 Å². The second kappa shape index (κ2) is 6.14. The number of hydrogen-bond donors (Lipinski definition) is 0. The quantitative estimate of drug-likeness (QED) is 0.826. The van der Waals surface area contributed by atoms with Gasteiger partial charge in [-0.25, -0.2) is 4.79 Å². The fourth-order valence-electron chi connectivity index (χ4n) is 2.46. The third-order valence-electron chi connectivity index (χ3n) is 3.44. The van der Waals surface area contributed by atoms with Gasteiger partial charge in [0.2, 0.25) is 0 Å². The van der Waals surface area contributed by atoms with Crippen molar-refractivity contribution in [2.24, 2.45) is 0 Å². The van der Waals surface area contributed by atoms with Crippen LogP contribution in [0.1, 0.15) is 38.7 Å². The van der Waals surface area contributed by atoms with Gasteiger partial charge in [0.25, 0.3) is 0 Å². The van der Waals surface area contributed by atoms with Crippen LogP contribution in [0.25, 0.3) is 0 Å². The largest absolute Gasteiger partial charge is 0.497 e. The van der Waals surface area contributed by atoms with Gasteiger partial charge < -0.3 is 14.4 Å². The van der Waals surface area contributed by atoms with Crippen LogP contribution < -0.4 is 4.74 Å². The van der Waals surface area contributed by atoms with Crippen molar-refractivity contribution in [3.05, 3.63) is 28.8 Å². The van der Waals surface area contributed by atoms with Crippen LogP contribution in [0.15, 0.2) is 18.2 Å². The number of likely N-dealkylation sites (tertiary alicyclic amines) is 1. The predicted molar refractivity (Wildman–Crippen MR) is 83.2 cm³/mol. The van der Waals surface area contributed by atoms with Crippen molar-refractivity contribution >= 4 is 17.7 Å². The van der Waals surface area contributed by atoms with E-state index in [-0.39, 0.29) is 12.0 Å². The van der Waals surface area contributed by atoms with Crippen molar-refractivity contribution in [1.82, 2.24) is 4.90 Å². The highest BCUT2D eigenvalue weighted by Gasteiger charge is 2.30. The van der Waals surface area contributed by atoms with Crippen molar-refractivity contribution < 1.29 is 14.3 Å². The van der Waals surface area contributed by atoms with E-state index >= 15 is 0 Å². The van der Waals surface area contributed by atoms with Crippen molar-refractivity contribution in [3.8, 4) is 5.75 Å². The lowest BCUT2D eigenvalue weighted by Crippen LogP contribution is -2.35. The molecule has 1 atom stereocenters. The summed E-state index contributed by atoms with van der Waals surface area (Å²) in [7, 11) is 1.62. The number of benzene rings is 1. The maximum absolute atomic E-state index is 12.1. The average molecular weight is 312 g/mol. The van der Waals surface area contributed by atoms with Gasteiger partial charge in [0.1, 0.15) is 11.4 Å². The summed E-state index contributed by atoms with van der Waals surface area (Å²) in [5, 5.41) is 0.653. The maximum atomic E-state index is 12.1. The van der Waals surface area contributed by atoms with Crippen molar-refractivity contribution in [2.45, 2.75) is 38.7 Å². The Balaban J connectivity index is 2.05. The molecule has 1 saturated heterocycles. The Bertz CT molecular complexity index is 525. The standard InChI is InChI=1S/C16H22ClNO3/c1-16(2,3)21-15(19)18-6-5-11(10-18)12-7-13(17)9-14(8-12)20-4/h7-9,11H,5-6,10H2,1-4H3. The van der Waals surface area contributed by atoms with Crippen LogP contribution in [0, 0.1) is 0 Å². The molecule has 1 unspecified atom stereocenters. The second-order valence-electron chi connectivity index (χ2n) is 6.34. The van der Waals surface area contributed by atoms with Gasteiger partial charge in [0.15, 0.2) is 0 Å². The Labute approximate surface area is 131 Å². The molecule has 5 heteroatoms. The Morgan fingerprint density at radius 3 is 2.67 bits per heavy atom. The average Bonchev–Trinajstić information content (AvgIpc) is 2.85. The van der Waals surface area contributed by atoms with Gasteiger partial charge in [-0.1, -0.05) is 11.6 Å². The predicted octanol–water partition coefficient (Wildman–Crippen LogP) is 4.07. The van der Waals surface area contributed by atoms with Crippen LogP contribution in [0.2, 0.25) is 5.02 Å². The molecule has 2 rings (SSSR count). The molecule has 0 bridgehead atoms. The summed E-state index contributed by atoms with van der Waals surface area (Å²) in [6, 6.07) is 5.70. The number of rotatable bonds is 2. The lowest BCUT2D eigenvalue weighted by atomic mass is 9.98. The molecule has 0 saturated carbocycles. The minimum atomic E-state index is -0.464. The van der Waals surface area contributed by atoms with Crippen LogP contribution >= 0.6 is 11.6 Å². The Morgan fingerprint density at radius 1 is 1.33 bits per heavy atom. The Kier molecular flexibility index (Phi) is 4.67. The number of carbonyl (C=O) groups excluding carboxylic acids is 1. The van der Waals surface area contributed by atoms with E-state index in [2.05, 4.69) is 0 Å². The summed E-state index contributed by atoms with van der Waals surface area (Å²) in [6.45, 7) is 6.98. The lowest BCUT2D eigenvalue weighted by molar-refractivity contribution is 0.0292. The molecule has 116 valence electrons. The van der Waals surface area contributed by atoms with Crippen molar-refractivity contribution in [3.63, 3.8) is 0 Å². The van der Waals surface area contributed by atoms with Gasteiger partial charge in [-0.2, -0.15) is 0 Å². The lowest BCUT2D eigenvalue weighted by Gasteiger charge is -2.24. The normalized spacial score (nSPS) is 18.7. The molecule has 1 aliphatic heterocycles. The number of halogens is 1. The zero-order chi connectivity index (χ0) is 15.6. The Hall–Kier alpha value is -1.42. The molecule has 1 fully saturated rings. The highest BCUT2D eigenvalue weighted by atomic mass is 35.5. The molecule has 0 aromatic heterocycles. The molecule has 0 N–H and O–H groups in total. The van der Waals surface area contributed by atoms with E-state index < -0.39 is 5.60 Å². The molecule has 4 nitrogen and oxygen atoms in total. The number of ether oxygens (including phenoxy) is 2. The Morgan fingerprint density at radius 2 is 2.05 bits per heavy atom. The second-order valence-corrected chi connectivity index (χ2v) is 6.77. The molecular weight excluding hydrogens is 290 g/mol. The monoisotopic (exact) mass is 311 g/mol. The number of amides is 1. The van der Waals surface area contributed by atoms with E-state index in [9.17, 15) is 4.79 Å². The van der Waals surface area contributed by atoms with Gasteiger partial charge in [0.05, 0.1) is 7.11 Å². The summed E-state index contributed by atoms with van der Waals surface area (Å²) >= 11 is 6.11. The van der Waals surface area contributed by atoms with Crippen LogP contribution in [-0.2, 0) is 4.74 Å². The highest BCUT2D eigenvalue weighted by Crippen LogP contribution is 2.32. The van der Waals surface area contributed by atoms with E-state index in [0.717, 1.165) is 17.7 Å². The third kappa shape index (κ3) is 4.27. The maximum Gasteiger partial charge on any atom is 0.410 e. The molecule has 0 spiro atoms. The number of carbonyl (C=O) groups is 1. The number of nitrogens with zero attached hydrogens (tertiary/aromatic N) is 1. The molecule has 1 aromatic carbocycles. The first-order valence-corrected chi connectivity index (χ1v) is 7.48. The van der Waals surface area contributed by atoms with Crippen LogP contribution in [0.3, 0.4) is 0 Å². The molecule has 1 aliphatic rings. The fraction of sp³-hybridized carbons (Fsp3) is 0.562. The molecular formula is C16H22ClNO3. The zero-order valence-corrected chi connectivity index (χ0v) is 13.7.